The SMILES string of the molecule is CN=C(NCCc1cccc(C(=O)N(C)C)c1)NCc1cccc(-n2cccn2)c1.I. The van der Waals surface area contributed by atoms with Crippen LogP contribution in [-0.4, -0.2) is 54.2 Å². The Morgan fingerprint density at radius 1 is 1.06 bits per heavy atom. The maximum absolute atomic E-state index is 12.1. The number of nitrogens with one attached hydrogen (secondary N) is 2. The van der Waals surface area contributed by atoms with Crippen molar-refractivity contribution in [3.63, 3.8) is 0 Å². The number of carbonyl (C=O) groups excluding carboxylic acids is 1. The third kappa shape index (κ3) is 7.09. The molecule has 31 heavy (non-hydrogen) atoms. The largest absolute Gasteiger partial charge is 0.356 e. The van der Waals surface area contributed by atoms with Gasteiger partial charge in [0.1, 0.15) is 0 Å². The van der Waals surface area contributed by atoms with E-state index in [4.69, 9.17) is 0 Å². The van der Waals surface area contributed by atoms with Gasteiger partial charge in [-0.25, -0.2) is 4.68 Å². The summed E-state index contributed by atoms with van der Waals surface area (Å²) in [6.07, 6.45) is 4.49. The molecule has 2 N–H and O–H groups in total. The molecule has 0 saturated heterocycles. The molecule has 1 amide bonds. The van der Waals surface area contributed by atoms with E-state index in [1.807, 2.05) is 53.3 Å². The lowest BCUT2D eigenvalue weighted by Crippen LogP contribution is -2.37. The molecule has 1 aromatic heterocycles. The number of hydrogen-bond donors (Lipinski definition) is 2. The number of guanidine groups is 1. The first-order valence-electron chi connectivity index (χ1n) is 9.91. The molecule has 0 aliphatic carbocycles. The molecule has 3 rings (SSSR count). The predicted molar refractivity (Wildman–Crippen MR) is 135 cm³/mol. The van der Waals surface area contributed by atoms with Gasteiger partial charge in [0.2, 0.25) is 0 Å². The van der Waals surface area contributed by atoms with Crippen LogP contribution in [0.15, 0.2) is 72.0 Å². The zero-order valence-electron chi connectivity index (χ0n) is 18.1. The molecular formula is C23H29IN6O. The summed E-state index contributed by atoms with van der Waals surface area (Å²) in [7, 11) is 5.28. The summed E-state index contributed by atoms with van der Waals surface area (Å²) in [5.41, 5.74) is 3.98. The number of nitrogens with zero attached hydrogens (tertiary/aromatic N) is 4. The van der Waals surface area contributed by atoms with Crippen LogP contribution in [0.3, 0.4) is 0 Å². The lowest BCUT2D eigenvalue weighted by atomic mass is 10.1. The first kappa shape index (κ1) is 24.4. The average molecular weight is 532 g/mol. The molecule has 0 fully saturated rings. The highest BCUT2D eigenvalue weighted by Crippen LogP contribution is 2.10. The summed E-state index contributed by atoms with van der Waals surface area (Å²) in [5, 5.41) is 10.9. The van der Waals surface area contributed by atoms with Crippen molar-refractivity contribution in [2.75, 3.05) is 27.7 Å². The molecule has 0 bridgehead atoms. The highest BCUT2D eigenvalue weighted by molar-refractivity contribution is 14.0. The molecule has 2 aromatic carbocycles. The molecule has 0 radical (unpaired) electrons. The van der Waals surface area contributed by atoms with Gasteiger partial charge in [-0.05, 0) is 47.9 Å². The fraction of sp³-hybridized carbons (Fsp3) is 0.261. The molecule has 3 aromatic rings. The third-order valence-corrected chi connectivity index (χ3v) is 4.65. The summed E-state index contributed by atoms with van der Waals surface area (Å²) in [4.78, 5) is 18.0. The van der Waals surface area contributed by atoms with Crippen molar-refractivity contribution < 1.29 is 4.79 Å². The van der Waals surface area contributed by atoms with Crippen LogP contribution in [0.25, 0.3) is 5.69 Å². The lowest BCUT2D eigenvalue weighted by Gasteiger charge is -2.13. The van der Waals surface area contributed by atoms with E-state index in [0.717, 1.165) is 29.2 Å². The minimum atomic E-state index is 0. The van der Waals surface area contributed by atoms with Crippen LogP contribution in [0.5, 0.6) is 0 Å². The number of aromatic nitrogens is 2. The van der Waals surface area contributed by atoms with Gasteiger partial charge in [-0.3, -0.25) is 9.79 Å². The Kier molecular flexibility index (Phi) is 9.51. The number of aliphatic imine (C=N–C) groups is 1. The molecular weight excluding hydrogens is 503 g/mol. The highest BCUT2D eigenvalue weighted by atomic mass is 127. The number of amides is 1. The molecule has 0 unspecified atom stereocenters. The second-order valence-electron chi connectivity index (χ2n) is 7.12. The van der Waals surface area contributed by atoms with Crippen LogP contribution >= 0.6 is 24.0 Å². The quantitative estimate of drug-likeness (QED) is 0.279. The van der Waals surface area contributed by atoms with E-state index in [2.05, 4.69) is 32.9 Å². The predicted octanol–water partition coefficient (Wildman–Crippen LogP) is 3.10. The summed E-state index contributed by atoms with van der Waals surface area (Å²) >= 11 is 0. The number of carbonyl (C=O) groups is 1. The van der Waals surface area contributed by atoms with Crippen LogP contribution in [-0.2, 0) is 13.0 Å². The third-order valence-electron chi connectivity index (χ3n) is 4.65. The first-order chi connectivity index (χ1) is 14.6. The Morgan fingerprint density at radius 3 is 2.55 bits per heavy atom. The lowest BCUT2D eigenvalue weighted by molar-refractivity contribution is 0.0827. The molecule has 7 nitrogen and oxygen atoms in total. The zero-order valence-corrected chi connectivity index (χ0v) is 20.4. The second kappa shape index (κ2) is 12.1. The standard InChI is InChI=1S/C23H28N6O.HI/c1-24-23(25-13-11-18-7-4-9-20(15-18)22(30)28(2)3)26-17-19-8-5-10-21(16-19)29-14-6-12-27-29;/h4-10,12,14-16H,11,13,17H2,1-3H3,(H2,24,25,26);1H. The number of hydrogen-bond acceptors (Lipinski definition) is 3. The molecule has 1 heterocycles. The minimum absolute atomic E-state index is 0. The van der Waals surface area contributed by atoms with Crippen LogP contribution in [0, 0.1) is 0 Å². The van der Waals surface area contributed by atoms with Gasteiger partial charge in [0.05, 0.1) is 5.69 Å². The Balaban J connectivity index is 0.00000341. The van der Waals surface area contributed by atoms with Crippen molar-refractivity contribution in [2.45, 2.75) is 13.0 Å². The summed E-state index contributed by atoms with van der Waals surface area (Å²) in [6.45, 7) is 1.37. The molecule has 0 saturated carbocycles. The van der Waals surface area contributed by atoms with Gasteiger partial charge in [0.15, 0.2) is 5.96 Å². The molecule has 8 heteroatoms. The summed E-state index contributed by atoms with van der Waals surface area (Å²) in [5.74, 6) is 0.750. The van der Waals surface area contributed by atoms with Crippen LogP contribution in [0.2, 0.25) is 0 Å². The maximum Gasteiger partial charge on any atom is 0.253 e. The second-order valence-corrected chi connectivity index (χ2v) is 7.12. The van der Waals surface area contributed by atoms with Crippen LogP contribution < -0.4 is 10.6 Å². The number of rotatable bonds is 7. The van der Waals surface area contributed by atoms with E-state index in [1.165, 1.54) is 0 Å². The van der Waals surface area contributed by atoms with Gasteiger partial charge in [-0.15, -0.1) is 24.0 Å². The van der Waals surface area contributed by atoms with E-state index in [0.29, 0.717) is 18.7 Å². The van der Waals surface area contributed by atoms with E-state index in [1.54, 1.807) is 32.2 Å². The van der Waals surface area contributed by atoms with Gasteiger partial charge in [0, 0.05) is 52.2 Å². The van der Waals surface area contributed by atoms with E-state index in [-0.39, 0.29) is 29.9 Å². The molecule has 0 atom stereocenters. The zero-order chi connectivity index (χ0) is 21.3. The topological polar surface area (TPSA) is 74.6 Å². The molecule has 164 valence electrons. The monoisotopic (exact) mass is 532 g/mol. The van der Waals surface area contributed by atoms with Gasteiger partial charge in [-0.2, -0.15) is 5.10 Å². The Morgan fingerprint density at radius 2 is 1.84 bits per heavy atom. The van der Waals surface area contributed by atoms with Crippen molar-refractivity contribution in [3.8, 4) is 5.69 Å². The van der Waals surface area contributed by atoms with Crippen molar-refractivity contribution in [3.05, 3.63) is 83.7 Å². The number of halogens is 1. The van der Waals surface area contributed by atoms with E-state index in [9.17, 15) is 4.79 Å². The van der Waals surface area contributed by atoms with Crippen molar-refractivity contribution in [1.29, 1.82) is 0 Å². The Bertz CT molecular complexity index is 1000. The molecule has 0 aliphatic rings. The van der Waals surface area contributed by atoms with Crippen molar-refractivity contribution in [1.82, 2.24) is 25.3 Å². The molecule has 0 aliphatic heterocycles. The van der Waals surface area contributed by atoms with Gasteiger partial charge in [-0.1, -0.05) is 24.3 Å². The summed E-state index contributed by atoms with van der Waals surface area (Å²) < 4.78 is 1.84. The van der Waals surface area contributed by atoms with Crippen molar-refractivity contribution in [2.24, 2.45) is 4.99 Å². The fourth-order valence-electron chi connectivity index (χ4n) is 3.08. The normalized spacial score (nSPS) is 10.9. The fourth-order valence-corrected chi connectivity index (χ4v) is 3.08. The van der Waals surface area contributed by atoms with Gasteiger partial charge in [0.25, 0.3) is 5.91 Å². The van der Waals surface area contributed by atoms with Crippen LogP contribution in [0.4, 0.5) is 0 Å². The Labute approximate surface area is 200 Å². The maximum atomic E-state index is 12.1. The summed E-state index contributed by atoms with van der Waals surface area (Å²) in [6, 6.07) is 17.9. The first-order valence-corrected chi connectivity index (χ1v) is 9.91. The van der Waals surface area contributed by atoms with Crippen LogP contribution in [0.1, 0.15) is 21.5 Å². The van der Waals surface area contributed by atoms with Gasteiger partial charge < -0.3 is 15.5 Å². The average Bonchev–Trinajstić information content (AvgIpc) is 3.31. The minimum Gasteiger partial charge on any atom is -0.356 e. The van der Waals surface area contributed by atoms with E-state index >= 15 is 0 Å². The Hall–Kier alpha value is -2.88. The highest BCUT2D eigenvalue weighted by Gasteiger charge is 2.08. The van der Waals surface area contributed by atoms with Gasteiger partial charge >= 0.3 is 0 Å². The van der Waals surface area contributed by atoms with Crippen molar-refractivity contribution >= 4 is 35.8 Å². The number of benzene rings is 2. The van der Waals surface area contributed by atoms with E-state index < -0.39 is 0 Å². The smallest absolute Gasteiger partial charge is 0.253 e. The molecule has 0 spiro atoms.